The van der Waals surface area contributed by atoms with Gasteiger partial charge in [-0.15, -0.1) is 0 Å². The molecule has 4 aromatic rings. The number of phenolic OH excluding ortho intramolecular Hbond substituents is 1. The molecule has 6 nitrogen and oxygen atoms in total. The molecule has 39 heavy (non-hydrogen) atoms. The van der Waals surface area contributed by atoms with Gasteiger partial charge in [0.2, 0.25) is 0 Å². The lowest BCUT2D eigenvalue weighted by atomic mass is 9.80. The summed E-state index contributed by atoms with van der Waals surface area (Å²) in [6.45, 7) is 0.911. The van der Waals surface area contributed by atoms with Crippen molar-refractivity contribution < 1.29 is 28.8 Å². The molecule has 7 rings (SSSR count). The molecule has 2 bridgehead atoms. The van der Waals surface area contributed by atoms with Crippen LogP contribution in [0.4, 0.5) is 0 Å². The number of benzene rings is 4. The van der Waals surface area contributed by atoms with Gasteiger partial charge in [-0.2, -0.15) is 0 Å². The van der Waals surface area contributed by atoms with E-state index in [2.05, 4.69) is 40.2 Å². The number of phenols is 1. The number of halogens is 1. The van der Waals surface area contributed by atoms with Gasteiger partial charge < -0.3 is 28.8 Å². The summed E-state index contributed by atoms with van der Waals surface area (Å²) in [5.41, 5.74) is 2.90. The summed E-state index contributed by atoms with van der Waals surface area (Å²) in [7, 11) is 3.21. The molecule has 0 radical (unpaired) electrons. The van der Waals surface area contributed by atoms with Crippen LogP contribution in [0.25, 0.3) is 10.8 Å². The molecule has 1 N–H and O–H groups in total. The summed E-state index contributed by atoms with van der Waals surface area (Å²) < 4.78 is 31.7. The first-order chi connectivity index (χ1) is 19.1. The van der Waals surface area contributed by atoms with E-state index >= 15 is 0 Å². The van der Waals surface area contributed by atoms with Crippen LogP contribution in [0.15, 0.2) is 83.3 Å². The van der Waals surface area contributed by atoms with Gasteiger partial charge in [0.1, 0.15) is 23.4 Å². The summed E-state index contributed by atoms with van der Waals surface area (Å²) in [5.74, 6) is 1.22. The lowest BCUT2D eigenvalue weighted by Gasteiger charge is -2.40. The summed E-state index contributed by atoms with van der Waals surface area (Å²) >= 11 is 3.57. The fraction of sp³-hybridized carbons (Fsp3) is 0.312. The number of fused-ring (bicyclic) bond motifs is 5. The standard InChI is InChI=1S/C32H31BrO6/c1-35-25-16-24(33)32(36-2)28-21(25)13-14-22(29(28)34)31-23-15-26(37-17-19-9-5-3-6-10-19)27(39-31)18-38-30(23)20-11-7-4-8-12-20/h3-14,16,23,26-27,30-31,34H,15,17-18H2,1-2H3/t23-,26+,27-,30+,31-/m1/s1. The topological polar surface area (TPSA) is 66.4 Å². The lowest BCUT2D eigenvalue weighted by Crippen LogP contribution is -2.41. The zero-order valence-corrected chi connectivity index (χ0v) is 23.5. The Morgan fingerprint density at radius 3 is 2.38 bits per heavy atom. The van der Waals surface area contributed by atoms with Crippen molar-refractivity contribution in [2.45, 2.75) is 37.4 Å². The Hall–Kier alpha value is -3.10. The van der Waals surface area contributed by atoms with E-state index in [1.165, 1.54) is 0 Å². The van der Waals surface area contributed by atoms with Crippen molar-refractivity contribution in [3.8, 4) is 17.2 Å². The minimum absolute atomic E-state index is 0.0877. The molecule has 0 aromatic heterocycles. The molecule has 0 spiro atoms. The van der Waals surface area contributed by atoms with Crippen molar-refractivity contribution in [1.29, 1.82) is 0 Å². The first-order valence-corrected chi connectivity index (χ1v) is 13.9. The van der Waals surface area contributed by atoms with Gasteiger partial charge in [0.05, 0.1) is 55.6 Å². The first kappa shape index (κ1) is 26.1. The Labute approximate surface area is 236 Å². The van der Waals surface area contributed by atoms with Crippen LogP contribution >= 0.6 is 15.9 Å². The second kappa shape index (κ2) is 11.2. The number of aromatic hydroxyl groups is 1. The van der Waals surface area contributed by atoms with E-state index in [1.54, 1.807) is 14.2 Å². The number of hydrogen-bond donors (Lipinski definition) is 1. The Kier molecular flexibility index (Phi) is 7.49. The average Bonchev–Trinajstić information content (AvgIpc) is 3.27. The molecule has 3 aliphatic rings. The van der Waals surface area contributed by atoms with Crippen LogP contribution in [0.3, 0.4) is 0 Å². The Bertz CT molecular complexity index is 1440. The van der Waals surface area contributed by atoms with E-state index in [1.807, 2.05) is 54.6 Å². The van der Waals surface area contributed by atoms with Crippen molar-refractivity contribution >= 4 is 26.7 Å². The minimum Gasteiger partial charge on any atom is -0.507 e. The van der Waals surface area contributed by atoms with Gasteiger partial charge in [-0.1, -0.05) is 66.7 Å². The van der Waals surface area contributed by atoms with Crippen LogP contribution in [-0.4, -0.2) is 38.1 Å². The van der Waals surface area contributed by atoms with Crippen LogP contribution in [0.1, 0.15) is 35.3 Å². The van der Waals surface area contributed by atoms with Gasteiger partial charge >= 0.3 is 0 Å². The lowest BCUT2D eigenvalue weighted by molar-refractivity contribution is -0.159. The fourth-order valence-corrected chi connectivity index (χ4v) is 6.50. The van der Waals surface area contributed by atoms with Gasteiger partial charge in [-0.3, -0.25) is 0 Å². The van der Waals surface area contributed by atoms with Gasteiger partial charge in [0.25, 0.3) is 0 Å². The van der Waals surface area contributed by atoms with Gasteiger partial charge in [0.15, 0.2) is 0 Å². The van der Waals surface area contributed by atoms with E-state index in [-0.39, 0.29) is 30.0 Å². The third-order valence-corrected chi connectivity index (χ3v) is 8.39. The number of rotatable bonds is 7. The smallest absolute Gasteiger partial charge is 0.144 e. The average molecular weight is 591 g/mol. The van der Waals surface area contributed by atoms with Crippen molar-refractivity contribution in [1.82, 2.24) is 0 Å². The Balaban J connectivity index is 1.41. The zero-order chi connectivity index (χ0) is 26.9. The molecule has 5 atom stereocenters. The Morgan fingerprint density at radius 1 is 0.923 bits per heavy atom. The normalized spacial score (nSPS) is 24.4. The molecule has 0 saturated carbocycles. The second-order valence-corrected chi connectivity index (χ2v) is 10.9. The van der Waals surface area contributed by atoms with E-state index < -0.39 is 6.10 Å². The Morgan fingerprint density at radius 2 is 1.67 bits per heavy atom. The van der Waals surface area contributed by atoms with Crippen LogP contribution in [0.2, 0.25) is 0 Å². The van der Waals surface area contributed by atoms with Crippen LogP contribution in [0.5, 0.6) is 17.2 Å². The zero-order valence-electron chi connectivity index (χ0n) is 21.9. The molecule has 7 heteroatoms. The van der Waals surface area contributed by atoms with Crippen LogP contribution < -0.4 is 9.47 Å². The van der Waals surface area contributed by atoms with Crippen molar-refractivity contribution in [2.75, 3.05) is 20.8 Å². The molecule has 3 aliphatic heterocycles. The van der Waals surface area contributed by atoms with Gasteiger partial charge in [0, 0.05) is 16.9 Å². The fourth-order valence-electron chi connectivity index (χ4n) is 5.93. The molecule has 0 unspecified atom stereocenters. The highest BCUT2D eigenvalue weighted by atomic mass is 79.9. The van der Waals surface area contributed by atoms with Crippen LogP contribution in [-0.2, 0) is 20.8 Å². The number of ether oxygens (including phenoxy) is 5. The van der Waals surface area contributed by atoms with Gasteiger partial charge in [-0.25, -0.2) is 0 Å². The molecule has 202 valence electrons. The summed E-state index contributed by atoms with van der Waals surface area (Å²) in [6.07, 6.45) is -0.291. The summed E-state index contributed by atoms with van der Waals surface area (Å²) in [5, 5.41) is 13.1. The molecular formula is C32H31BrO6. The van der Waals surface area contributed by atoms with E-state index in [4.69, 9.17) is 23.7 Å². The highest BCUT2D eigenvalue weighted by Crippen LogP contribution is 2.53. The summed E-state index contributed by atoms with van der Waals surface area (Å²) in [4.78, 5) is 0. The molecular weight excluding hydrogens is 560 g/mol. The highest BCUT2D eigenvalue weighted by molar-refractivity contribution is 9.10. The van der Waals surface area contributed by atoms with E-state index in [0.29, 0.717) is 40.1 Å². The quantitative estimate of drug-likeness (QED) is 0.247. The highest BCUT2D eigenvalue weighted by Gasteiger charge is 2.48. The molecule has 3 heterocycles. The monoisotopic (exact) mass is 590 g/mol. The predicted molar refractivity (Wildman–Crippen MR) is 152 cm³/mol. The predicted octanol–water partition coefficient (Wildman–Crippen LogP) is 7.13. The largest absolute Gasteiger partial charge is 0.507 e. The van der Waals surface area contributed by atoms with Crippen molar-refractivity contribution in [2.24, 2.45) is 5.92 Å². The maximum absolute atomic E-state index is 11.7. The van der Waals surface area contributed by atoms with E-state index in [0.717, 1.165) is 22.9 Å². The molecule has 3 saturated heterocycles. The maximum atomic E-state index is 11.7. The second-order valence-electron chi connectivity index (χ2n) is 10.0. The van der Waals surface area contributed by atoms with Crippen molar-refractivity contribution in [3.05, 3.63) is 100 Å². The molecule has 3 fully saturated rings. The van der Waals surface area contributed by atoms with Crippen LogP contribution in [0, 0.1) is 5.92 Å². The molecule has 0 amide bonds. The molecule has 4 aromatic carbocycles. The third-order valence-electron chi connectivity index (χ3n) is 7.80. The minimum atomic E-state index is -0.404. The first-order valence-electron chi connectivity index (χ1n) is 13.1. The van der Waals surface area contributed by atoms with Gasteiger partial charge in [-0.05, 0) is 45.6 Å². The maximum Gasteiger partial charge on any atom is 0.144 e. The summed E-state index contributed by atoms with van der Waals surface area (Å²) in [6, 6.07) is 26.1. The number of methoxy groups -OCH3 is 2. The number of hydrogen-bond acceptors (Lipinski definition) is 6. The van der Waals surface area contributed by atoms with Crippen molar-refractivity contribution in [3.63, 3.8) is 0 Å². The SMILES string of the molecule is COc1cc(Br)c(OC)c2c(O)c([C@H]3O[C@@H]4CO[C@@H](c5ccccc5)[C@H]3C[C@@H]4OCc3ccccc3)ccc12. The molecule has 0 aliphatic carbocycles. The third kappa shape index (κ3) is 4.89. The van der Waals surface area contributed by atoms with E-state index in [9.17, 15) is 5.11 Å².